The van der Waals surface area contributed by atoms with Crippen LogP contribution in [0.25, 0.3) is 16.7 Å². The standard InChI is InChI=1S/C22H22ClN7O4/c1-13-16(24)3-2-4-17(13)30-20-15(10-28-30)22(27-12-26-20)34-18(11-33-8-7-31)21(32)29-19-6-5-14(23)9-25-19/h2-6,9-10,12,18,31H,7-8,11,24H2,1H3,(H,25,29,32)/t18-/m0/s1. The molecular weight excluding hydrogens is 462 g/mol. The number of nitrogens with two attached hydrogens (primary N) is 1. The largest absolute Gasteiger partial charge is 0.461 e. The monoisotopic (exact) mass is 483 g/mol. The van der Waals surface area contributed by atoms with E-state index in [4.69, 9.17) is 31.9 Å². The molecule has 0 spiro atoms. The molecule has 34 heavy (non-hydrogen) atoms. The number of pyridine rings is 1. The van der Waals surface area contributed by atoms with Crippen molar-refractivity contribution >= 4 is 40.0 Å². The number of carbonyl (C=O) groups excluding carboxylic acids is 1. The number of amides is 1. The van der Waals surface area contributed by atoms with Gasteiger partial charge in [0.2, 0.25) is 12.0 Å². The third-order valence-corrected chi connectivity index (χ3v) is 5.16. The average Bonchev–Trinajstić information content (AvgIpc) is 3.26. The molecular formula is C22H22ClN7O4. The van der Waals surface area contributed by atoms with Gasteiger partial charge in [0.15, 0.2) is 5.65 Å². The molecule has 4 aromatic rings. The highest BCUT2D eigenvalue weighted by molar-refractivity contribution is 6.30. The number of hydrogen-bond acceptors (Lipinski definition) is 9. The van der Waals surface area contributed by atoms with Gasteiger partial charge >= 0.3 is 0 Å². The highest BCUT2D eigenvalue weighted by Gasteiger charge is 2.24. The molecule has 3 aromatic heterocycles. The van der Waals surface area contributed by atoms with Crippen molar-refractivity contribution in [3.63, 3.8) is 0 Å². The number of aliphatic hydroxyl groups is 1. The van der Waals surface area contributed by atoms with Crippen molar-refractivity contribution in [2.75, 3.05) is 30.9 Å². The van der Waals surface area contributed by atoms with Crippen molar-refractivity contribution in [1.29, 1.82) is 0 Å². The lowest BCUT2D eigenvalue weighted by Gasteiger charge is -2.18. The summed E-state index contributed by atoms with van der Waals surface area (Å²) in [4.78, 5) is 25.5. The third kappa shape index (κ3) is 5.06. The topological polar surface area (TPSA) is 150 Å². The van der Waals surface area contributed by atoms with E-state index in [-0.39, 0.29) is 25.7 Å². The fourth-order valence-corrected chi connectivity index (χ4v) is 3.28. The lowest BCUT2D eigenvalue weighted by Crippen LogP contribution is -2.37. The quantitative estimate of drug-likeness (QED) is 0.240. The number of benzene rings is 1. The molecule has 176 valence electrons. The first-order valence-corrected chi connectivity index (χ1v) is 10.7. The maximum atomic E-state index is 12.9. The zero-order valence-electron chi connectivity index (χ0n) is 18.2. The van der Waals surface area contributed by atoms with Crippen LogP contribution in [0, 0.1) is 6.92 Å². The lowest BCUT2D eigenvalue weighted by molar-refractivity contribution is -0.125. The van der Waals surface area contributed by atoms with E-state index >= 15 is 0 Å². The van der Waals surface area contributed by atoms with Crippen LogP contribution in [0.4, 0.5) is 11.5 Å². The second-order valence-electron chi connectivity index (χ2n) is 7.22. The van der Waals surface area contributed by atoms with Crippen molar-refractivity contribution < 1.29 is 19.4 Å². The molecule has 0 fully saturated rings. The van der Waals surface area contributed by atoms with Crippen molar-refractivity contribution in [2.24, 2.45) is 0 Å². The van der Waals surface area contributed by atoms with Crippen LogP contribution in [0.2, 0.25) is 5.02 Å². The first-order chi connectivity index (χ1) is 16.5. The van der Waals surface area contributed by atoms with Crippen LogP contribution in [0.5, 0.6) is 5.88 Å². The number of rotatable bonds is 9. The Balaban J connectivity index is 1.62. The Kier molecular flexibility index (Phi) is 7.16. The maximum absolute atomic E-state index is 12.9. The van der Waals surface area contributed by atoms with Gasteiger partial charge in [0, 0.05) is 11.9 Å². The first kappa shape index (κ1) is 23.4. The number of aliphatic hydroxyl groups excluding tert-OH is 1. The molecule has 0 aliphatic carbocycles. The molecule has 11 nitrogen and oxygen atoms in total. The number of hydrogen-bond donors (Lipinski definition) is 3. The van der Waals surface area contributed by atoms with Crippen LogP contribution in [-0.4, -0.2) is 61.7 Å². The van der Waals surface area contributed by atoms with Crippen molar-refractivity contribution in [2.45, 2.75) is 13.0 Å². The summed E-state index contributed by atoms with van der Waals surface area (Å²) in [5, 5.41) is 17.0. The van der Waals surface area contributed by atoms with E-state index < -0.39 is 12.0 Å². The number of halogens is 1. The van der Waals surface area contributed by atoms with Crippen molar-refractivity contribution in [1.82, 2.24) is 24.7 Å². The van der Waals surface area contributed by atoms with Crippen LogP contribution in [0.1, 0.15) is 5.56 Å². The molecule has 1 aromatic carbocycles. The molecule has 0 aliphatic rings. The zero-order valence-corrected chi connectivity index (χ0v) is 18.9. The average molecular weight is 484 g/mol. The number of ether oxygens (including phenoxy) is 2. The van der Waals surface area contributed by atoms with Gasteiger partial charge in [-0.3, -0.25) is 4.79 Å². The Morgan fingerprint density at radius 2 is 2.09 bits per heavy atom. The predicted octanol–water partition coefficient (Wildman–Crippen LogP) is 2.15. The molecule has 3 heterocycles. The molecule has 1 atom stereocenters. The van der Waals surface area contributed by atoms with E-state index in [2.05, 4.69) is 25.4 Å². The predicted molar refractivity (Wildman–Crippen MR) is 126 cm³/mol. The molecule has 0 saturated heterocycles. The summed E-state index contributed by atoms with van der Waals surface area (Å²) in [6.45, 7) is 1.60. The fourth-order valence-electron chi connectivity index (χ4n) is 3.17. The number of nitrogen functional groups attached to an aromatic ring is 1. The fraction of sp³-hybridized carbons (Fsp3) is 0.227. The van der Waals surface area contributed by atoms with Crippen LogP contribution < -0.4 is 15.8 Å². The van der Waals surface area contributed by atoms with Gasteiger partial charge in [-0.2, -0.15) is 5.10 Å². The SMILES string of the molecule is Cc1c(N)cccc1-n1ncc2c(O[C@@H](COCCO)C(=O)Nc3ccc(Cl)cn3)ncnc21. The van der Waals surface area contributed by atoms with Crippen LogP contribution in [0.3, 0.4) is 0 Å². The van der Waals surface area contributed by atoms with E-state index in [0.29, 0.717) is 27.6 Å². The van der Waals surface area contributed by atoms with Gasteiger partial charge in [0.05, 0.1) is 36.7 Å². The number of anilines is 2. The Labute approximate surface area is 199 Å². The van der Waals surface area contributed by atoms with Gasteiger partial charge in [-0.05, 0) is 36.8 Å². The second kappa shape index (κ2) is 10.4. The second-order valence-corrected chi connectivity index (χ2v) is 7.66. The van der Waals surface area contributed by atoms with Gasteiger partial charge in [-0.1, -0.05) is 17.7 Å². The van der Waals surface area contributed by atoms with Crippen molar-refractivity contribution in [3.05, 3.63) is 59.6 Å². The summed E-state index contributed by atoms with van der Waals surface area (Å²) in [6.07, 6.45) is 3.19. The van der Waals surface area contributed by atoms with Gasteiger partial charge < -0.3 is 25.6 Å². The first-order valence-electron chi connectivity index (χ1n) is 10.3. The van der Waals surface area contributed by atoms with E-state index in [1.165, 1.54) is 12.5 Å². The molecule has 12 heteroatoms. The zero-order chi connectivity index (χ0) is 24.1. The minimum Gasteiger partial charge on any atom is -0.461 e. The van der Waals surface area contributed by atoms with E-state index in [1.54, 1.807) is 29.1 Å². The Morgan fingerprint density at radius 3 is 2.85 bits per heavy atom. The van der Waals surface area contributed by atoms with Crippen LogP contribution in [0.15, 0.2) is 49.1 Å². The molecule has 0 unspecified atom stereocenters. The summed E-state index contributed by atoms with van der Waals surface area (Å²) in [5.74, 6) is -0.0730. The Bertz CT molecular complexity index is 1300. The minimum absolute atomic E-state index is 0.0398. The Morgan fingerprint density at radius 1 is 1.24 bits per heavy atom. The highest BCUT2D eigenvalue weighted by atomic mass is 35.5. The highest BCUT2D eigenvalue weighted by Crippen LogP contribution is 2.27. The molecule has 1 amide bonds. The number of fused-ring (bicyclic) bond motifs is 1. The van der Waals surface area contributed by atoms with E-state index in [0.717, 1.165) is 11.3 Å². The summed E-state index contributed by atoms with van der Waals surface area (Å²) >= 11 is 5.85. The lowest BCUT2D eigenvalue weighted by atomic mass is 10.1. The van der Waals surface area contributed by atoms with Gasteiger partial charge in [0.1, 0.15) is 17.5 Å². The van der Waals surface area contributed by atoms with E-state index in [1.807, 2.05) is 19.1 Å². The van der Waals surface area contributed by atoms with Gasteiger partial charge in [-0.15, -0.1) is 0 Å². The van der Waals surface area contributed by atoms with Crippen molar-refractivity contribution in [3.8, 4) is 11.6 Å². The summed E-state index contributed by atoms with van der Waals surface area (Å²) in [7, 11) is 0. The third-order valence-electron chi connectivity index (χ3n) is 4.93. The number of carbonyl (C=O) groups is 1. The van der Waals surface area contributed by atoms with Crippen LogP contribution >= 0.6 is 11.6 Å². The number of nitrogens with one attached hydrogen (secondary N) is 1. The summed E-state index contributed by atoms with van der Waals surface area (Å²) in [6, 6.07) is 8.67. The number of nitrogens with zero attached hydrogens (tertiary/aromatic N) is 5. The molecule has 0 bridgehead atoms. The molecule has 0 saturated carbocycles. The van der Waals surface area contributed by atoms with Gasteiger partial charge in [-0.25, -0.2) is 19.6 Å². The van der Waals surface area contributed by atoms with E-state index in [9.17, 15) is 4.79 Å². The summed E-state index contributed by atoms with van der Waals surface area (Å²) in [5.41, 5.74) is 8.75. The molecule has 4 rings (SSSR count). The number of aromatic nitrogens is 5. The van der Waals surface area contributed by atoms with Gasteiger partial charge in [0.25, 0.3) is 5.91 Å². The molecule has 0 aliphatic heterocycles. The molecule has 0 radical (unpaired) electrons. The maximum Gasteiger partial charge on any atom is 0.269 e. The molecule has 4 N–H and O–H groups in total. The smallest absolute Gasteiger partial charge is 0.269 e. The minimum atomic E-state index is -1.10. The summed E-state index contributed by atoms with van der Waals surface area (Å²) < 4.78 is 12.9. The Hall–Kier alpha value is -3.80. The normalized spacial score (nSPS) is 12.0. The van der Waals surface area contributed by atoms with Crippen LogP contribution in [-0.2, 0) is 9.53 Å².